The van der Waals surface area contributed by atoms with E-state index in [-0.39, 0.29) is 25.5 Å². The molecule has 0 spiro atoms. The van der Waals surface area contributed by atoms with Crippen LogP contribution >= 0.6 is 0 Å². The molecule has 26 heavy (non-hydrogen) atoms. The minimum atomic E-state index is -1.71. The van der Waals surface area contributed by atoms with Gasteiger partial charge in [-0.1, -0.05) is 48.5 Å². The smallest absolute Gasteiger partial charge is 0.410 e. The summed E-state index contributed by atoms with van der Waals surface area (Å²) in [6, 6.07) is 12.6. The molecule has 6 heteroatoms. The molecule has 134 valence electrons. The maximum absolute atomic E-state index is 13.5. The lowest BCUT2D eigenvalue weighted by molar-refractivity contribution is -0.133. The Morgan fingerprint density at radius 2 is 1.62 bits per heavy atom. The van der Waals surface area contributed by atoms with Gasteiger partial charge in [-0.15, -0.1) is 0 Å². The number of fused-ring (bicyclic) bond motifs is 3. The van der Waals surface area contributed by atoms with Crippen molar-refractivity contribution >= 4 is 12.1 Å². The van der Waals surface area contributed by atoms with Gasteiger partial charge in [0.25, 0.3) is 0 Å². The number of likely N-dealkylation sites (tertiary alicyclic amines) is 1. The van der Waals surface area contributed by atoms with Gasteiger partial charge in [-0.25, -0.2) is 9.18 Å². The average molecular weight is 357 g/mol. The summed E-state index contributed by atoms with van der Waals surface area (Å²) in [5, 5.41) is 0. The summed E-state index contributed by atoms with van der Waals surface area (Å²) < 4.78 is 31.9. The largest absolute Gasteiger partial charge is 0.448 e. The second-order valence-corrected chi connectivity index (χ2v) is 6.61. The van der Waals surface area contributed by atoms with E-state index in [9.17, 15) is 18.4 Å². The molecular weight excluding hydrogens is 340 g/mol. The van der Waals surface area contributed by atoms with E-state index in [4.69, 9.17) is 4.74 Å². The van der Waals surface area contributed by atoms with Gasteiger partial charge in [0.1, 0.15) is 18.8 Å². The minimum Gasteiger partial charge on any atom is -0.448 e. The molecule has 2 atom stereocenters. The molecule has 0 saturated carbocycles. The number of alkyl halides is 1. The number of amides is 1. The van der Waals surface area contributed by atoms with Crippen LogP contribution in [0.3, 0.4) is 0 Å². The molecule has 4 nitrogen and oxygen atoms in total. The molecule has 2 aromatic carbocycles. The van der Waals surface area contributed by atoms with Crippen molar-refractivity contribution in [2.75, 3.05) is 13.2 Å². The fraction of sp³-hybridized carbons (Fsp3) is 0.300. The molecule has 0 bridgehead atoms. The predicted octanol–water partition coefficient (Wildman–Crippen LogP) is 3.84. The summed E-state index contributed by atoms with van der Waals surface area (Å²) in [6.07, 6.45) is -2.59. The van der Waals surface area contributed by atoms with Gasteiger partial charge in [0.05, 0.1) is 6.54 Å². The molecule has 1 amide bonds. The lowest BCUT2D eigenvalue weighted by Crippen LogP contribution is -2.40. The Labute approximate surface area is 149 Å². The number of benzene rings is 2. The van der Waals surface area contributed by atoms with E-state index >= 15 is 0 Å². The number of nitrogens with zero attached hydrogens (tertiary/aromatic N) is 1. The first kappa shape index (κ1) is 16.7. The Morgan fingerprint density at radius 1 is 1.04 bits per heavy atom. The Kier molecular flexibility index (Phi) is 4.18. The second kappa shape index (κ2) is 6.52. The number of carbonyl (C=O) groups excluding carboxylic acids is 2. The Morgan fingerprint density at radius 3 is 2.19 bits per heavy atom. The first-order valence-electron chi connectivity index (χ1n) is 8.51. The van der Waals surface area contributed by atoms with Gasteiger partial charge in [-0.2, -0.15) is 4.39 Å². The monoisotopic (exact) mass is 357 g/mol. The van der Waals surface area contributed by atoms with E-state index in [1.165, 1.54) is 0 Å². The van der Waals surface area contributed by atoms with Gasteiger partial charge in [0.15, 0.2) is 0 Å². The maximum Gasteiger partial charge on any atom is 0.410 e. The van der Waals surface area contributed by atoms with Crippen LogP contribution < -0.4 is 0 Å². The van der Waals surface area contributed by atoms with Crippen molar-refractivity contribution in [2.24, 2.45) is 0 Å². The standard InChI is InChI=1S/C20H17F2NO3/c21-12-9-18(19(22)24)23(10-12)20(25)26-11-17-15-7-3-1-5-13(15)14-6-2-4-8-16(14)17/h1-8,12,17-18H,9-11H2/t12-,18-/m0/s1. The number of rotatable bonds is 3. The lowest BCUT2D eigenvalue weighted by atomic mass is 9.98. The number of hydrogen-bond donors (Lipinski definition) is 0. The highest BCUT2D eigenvalue weighted by molar-refractivity contribution is 5.82. The number of halogens is 2. The summed E-state index contributed by atoms with van der Waals surface area (Å²) in [4.78, 5) is 24.2. The topological polar surface area (TPSA) is 46.6 Å². The zero-order chi connectivity index (χ0) is 18.3. The first-order chi connectivity index (χ1) is 12.6. The Balaban J connectivity index is 1.53. The molecule has 1 saturated heterocycles. The van der Waals surface area contributed by atoms with Crippen LogP contribution in [-0.2, 0) is 9.53 Å². The normalized spacial score (nSPS) is 21.4. The van der Waals surface area contributed by atoms with E-state index in [0.29, 0.717) is 0 Å². The summed E-state index contributed by atoms with van der Waals surface area (Å²) in [7, 11) is 0. The van der Waals surface area contributed by atoms with Crippen LogP contribution in [0.1, 0.15) is 23.5 Å². The number of carbonyl (C=O) groups is 2. The third kappa shape index (κ3) is 2.75. The molecule has 1 fully saturated rings. The van der Waals surface area contributed by atoms with Gasteiger partial charge >= 0.3 is 12.1 Å². The van der Waals surface area contributed by atoms with Crippen molar-refractivity contribution in [3.63, 3.8) is 0 Å². The second-order valence-electron chi connectivity index (χ2n) is 6.61. The summed E-state index contributed by atoms with van der Waals surface area (Å²) in [6.45, 7) is -0.273. The molecule has 0 N–H and O–H groups in total. The predicted molar refractivity (Wildman–Crippen MR) is 91.2 cm³/mol. The molecule has 0 unspecified atom stereocenters. The van der Waals surface area contributed by atoms with Crippen molar-refractivity contribution in [2.45, 2.75) is 24.6 Å². The molecule has 2 aromatic rings. The minimum absolute atomic E-state index is 0.0491. The Bertz CT molecular complexity index is 824. The maximum atomic E-state index is 13.5. The molecule has 1 aliphatic carbocycles. The third-order valence-electron chi connectivity index (χ3n) is 5.08. The molecule has 2 aliphatic rings. The fourth-order valence-corrected chi connectivity index (χ4v) is 3.88. The van der Waals surface area contributed by atoms with Gasteiger partial charge in [0.2, 0.25) is 0 Å². The highest BCUT2D eigenvalue weighted by Crippen LogP contribution is 2.44. The zero-order valence-corrected chi connectivity index (χ0v) is 13.9. The SMILES string of the molecule is O=C(F)[C@@H]1C[C@H](F)CN1C(=O)OCC1c2ccccc2-c2ccccc21. The van der Waals surface area contributed by atoms with Crippen LogP contribution in [-0.4, -0.2) is 42.4 Å². The quantitative estimate of drug-likeness (QED) is 0.784. The molecular formula is C20H17F2NO3. The molecule has 0 radical (unpaired) electrons. The van der Waals surface area contributed by atoms with Crippen LogP contribution in [0.5, 0.6) is 0 Å². The highest BCUT2D eigenvalue weighted by Gasteiger charge is 2.41. The number of hydrogen-bond acceptors (Lipinski definition) is 3. The summed E-state index contributed by atoms with van der Waals surface area (Å²) in [5.74, 6) is -0.144. The number of ether oxygens (including phenoxy) is 1. The van der Waals surface area contributed by atoms with Gasteiger partial charge in [0, 0.05) is 12.3 Å². The van der Waals surface area contributed by atoms with Gasteiger partial charge in [-0.05, 0) is 22.3 Å². The zero-order valence-electron chi connectivity index (χ0n) is 13.9. The molecule has 4 rings (SSSR count). The van der Waals surface area contributed by atoms with Crippen LogP contribution in [0.2, 0.25) is 0 Å². The van der Waals surface area contributed by atoms with Crippen molar-refractivity contribution in [1.29, 1.82) is 0 Å². The van der Waals surface area contributed by atoms with Crippen LogP contribution in [0, 0.1) is 0 Å². The van der Waals surface area contributed by atoms with E-state index in [1.54, 1.807) is 0 Å². The first-order valence-corrected chi connectivity index (χ1v) is 8.51. The average Bonchev–Trinajstić information content (AvgIpc) is 3.18. The van der Waals surface area contributed by atoms with E-state index in [2.05, 4.69) is 0 Å². The van der Waals surface area contributed by atoms with Crippen LogP contribution in [0.4, 0.5) is 13.6 Å². The van der Waals surface area contributed by atoms with Crippen molar-refractivity contribution in [3.8, 4) is 11.1 Å². The van der Waals surface area contributed by atoms with Crippen molar-refractivity contribution in [3.05, 3.63) is 59.7 Å². The van der Waals surface area contributed by atoms with Gasteiger partial charge in [-0.3, -0.25) is 9.69 Å². The van der Waals surface area contributed by atoms with Crippen molar-refractivity contribution < 1.29 is 23.1 Å². The van der Waals surface area contributed by atoms with E-state index < -0.39 is 24.3 Å². The highest BCUT2D eigenvalue weighted by atomic mass is 19.1. The Hall–Kier alpha value is -2.76. The van der Waals surface area contributed by atoms with Gasteiger partial charge < -0.3 is 4.74 Å². The van der Waals surface area contributed by atoms with E-state index in [1.807, 2.05) is 48.5 Å². The van der Waals surface area contributed by atoms with Crippen LogP contribution in [0.25, 0.3) is 11.1 Å². The molecule has 1 heterocycles. The van der Waals surface area contributed by atoms with E-state index in [0.717, 1.165) is 27.2 Å². The summed E-state index contributed by atoms with van der Waals surface area (Å²) in [5.41, 5.74) is 4.27. The molecule has 1 aliphatic heterocycles. The van der Waals surface area contributed by atoms with Crippen molar-refractivity contribution in [1.82, 2.24) is 4.90 Å². The van der Waals surface area contributed by atoms with Crippen LogP contribution in [0.15, 0.2) is 48.5 Å². The lowest BCUT2D eigenvalue weighted by Gasteiger charge is -2.22. The molecule has 0 aromatic heterocycles. The summed E-state index contributed by atoms with van der Waals surface area (Å²) >= 11 is 0. The fourth-order valence-electron chi connectivity index (χ4n) is 3.88. The third-order valence-corrected chi connectivity index (χ3v) is 5.08.